The summed E-state index contributed by atoms with van der Waals surface area (Å²) in [6.07, 6.45) is 0.464. The third-order valence-corrected chi connectivity index (χ3v) is 5.49. The highest BCUT2D eigenvalue weighted by molar-refractivity contribution is 6.34. The number of nitro benzene ring substituents is 1. The molecular formula is C23H19ClN4O3. The molecule has 0 aliphatic rings. The van der Waals surface area contributed by atoms with Crippen LogP contribution in [0.25, 0.3) is 11.0 Å². The van der Waals surface area contributed by atoms with E-state index in [2.05, 4.69) is 5.32 Å². The number of non-ortho nitro benzene ring substituents is 1. The van der Waals surface area contributed by atoms with E-state index in [9.17, 15) is 14.9 Å². The van der Waals surface area contributed by atoms with Crippen molar-refractivity contribution in [1.82, 2.24) is 14.9 Å². The largest absolute Gasteiger partial charge is 0.345 e. The molecule has 0 spiro atoms. The number of fused-ring (bicyclic) bond motifs is 1. The number of hydrogen-bond donors (Lipinski definition) is 1. The lowest BCUT2D eigenvalue weighted by molar-refractivity contribution is -0.384. The van der Waals surface area contributed by atoms with Gasteiger partial charge in [-0.2, -0.15) is 0 Å². The van der Waals surface area contributed by atoms with Crippen LogP contribution in [0.15, 0.2) is 72.8 Å². The first-order valence-electron chi connectivity index (χ1n) is 9.64. The molecule has 7 nitrogen and oxygen atoms in total. The van der Waals surface area contributed by atoms with Gasteiger partial charge < -0.3 is 9.88 Å². The summed E-state index contributed by atoms with van der Waals surface area (Å²) in [6.45, 7) is 0. The number of nitrogens with zero attached hydrogens (tertiary/aromatic N) is 3. The number of imidazole rings is 1. The third kappa shape index (κ3) is 4.27. The first-order chi connectivity index (χ1) is 14.9. The Bertz CT molecular complexity index is 1270. The molecule has 0 saturated carbocycles. The van der Waals surface area contributed by atoms with Gasteiger partial charge in [-0.3, -0.25) is 14.9 Å². The number of halogens is 1. The fourth-order valence-corrected chi connectivity index (χ4v) is 3.80. The number of nitro groups is 1. The fourth-order valence-electron chi connectivity index (χ4n) is 3.54. The number of carbonyl (C=O) groups is 1. The normalized spacial score (nSPS) is 11.9. The Kier molecular flexibility index (Phi) is 5.68. The van der Waals surface area contributed by atoms with Crippen LogP contribution in [0.1, 0.15) is 27.8 Å². The molecule has 156 valence electrons. The van der Waals surface area contributed by atoms with Gasteiger partial charge in [0.15, 0.2) is 0 Å². The molecule has 1 amide bonds. The SMILES string of the molecule is Cn1c(C[C@H](NC(=O)c2ccc([N+](=O)[O-])cc2Cl)c2ccccc2)nc2ccccc21. The Morgan fingerprint density at radius 2 is 1.84 bits per heavy atom. The maximum Gasteiger partial charge on any atom is 0.270 e. The zero-order valence-corrected chi connectivity index (χ0v) is 17.4. The summed E-state index contributed by atoms with van der Waals surface area (Å²) in [7, 11) is 1.95. The minimum absolute atomic E-state index is 0.0289. The molecule has 4 aromatic rings. The highest BCUT2D eigenvalue weighted by Crippen LogP contribution is 2.25. The van der Waals surface area contributed by atoms with E-state index in [1.807, 2.05) is 66.2 Å². The van der Waals surface area contributed by atoms with Crippen LogP contribution in [-0.4, -0.2) is 20.4 Å². The molecule has 0 fully saturated rings. The van der Waals surface area contributed by atoms with E-state index >= 15 is 0 Å². The number of aryl methyl sites for hydroxylation is 1. The zero-order valence-electron chi connectivity index (χ0n) is 16.7. The molecule has 0 saturated heterocycles. The van der Waals surface area contributed by atoms with Crippen LogP contribution in [0.4, 0.5) is 5.69 Å². The van der Waals surface area contributed by atoms with Crippen molar-refractivity contribution < 1.29 is 9.72 Å². The second-order valence-corrected chi connectivity index (χ2v) is 7.55. The van der Waals surface area contributed by atoms with Crippen molar-refractivity contribution in [3.8, 4) is 0 Å². The molecule has 1 heterocycles. The van der Waals surface area contributed by atoms with Crippen molar-refractivity contribution >= 4 is 34.2 Å². The molecule has 1 atom stereocenters. The van der Waals surface area contributed by atoms with Crippen LogP contribution in [-0.2, 0) is 13.5 Å². The van der Waals surface area contributed by atoms with Gasteiger partial charge in [0.2, 0.25) is 0 Å². The average Bonchev–Trinajstić information content (AvgIpc) is 3.09. The number of nitrogens with one attached hydrogen (secondary N) is 1. The number of para-hydroxylation sites is 2. The lowest BCUT2D eigenvalue weighted by atomic mass is 10.0. The van der Waals surface area contributed by atoms with E-state index < -0.39 is 10.8 Å². The van der Waals surface area contributed by atoms with Crippen molar-refractivity contribution in [2.24, 2.45) is 7.05 Å². The van der Waals surface area contributed by atoms with Crippen LogP contribution in [0.5, 0.6) is 0 Å². The number of hydrogen-bond acceptors (Lipinski definition) is 4. The van der Waals surface area contributed by atoms with Crippen LogP contribution < -0.4 is 5.32 Å². The highest BCUT2D eigenvalue weighted by atomic mass is 35.5. The number of amides is 1. The van der Waals surface area contributed by atoms with Gasteiger partial charge in [-0.1, -0.05) is 54.1 Å². The maximum atomic E-state index is 13.0. The molecule has 0 unspecified atom stereocenters. The van der Waals surface area contributed by atoms with Gasteiger partial charge in [-0.05, 0) is 23.8 Å². The Labute approximate surface area is 183 Å². The Morgan fingerprint density at radius 1 is 1.13 bits per heavy atom. The number of benzene rings is 3. The molecule has 1 N–H and O–H groups in total. The maximum absolute atomic E-state index is 13.0. The van der Waals surface area contributed by atoms with E-state index in [-0.39, 0.29) is 22.3 Å². The van der Waals surface area contributed by atoms with E-state index in [0.717, 1.165) is 22.4 Å². The standard InChI is InChI=1S/C23H19ClN4O3/c1-27-21-10-6-5-9-19(21)25-22(27)14-20(15-7-3-2-4-8-15)26-23(29)17-12-11-16(28(30)31)13-18(17)24/h2-13,20H,14H2,1H3,(H,26,29)/t20-/m0/s1. The average molecular weight is 435 g/mol. The second kappa shape index (κ2) is 8.57. The molecular weight excluding hydrogens is 416 g/mol. The van der Waals surface area contributed by atoms with Crippen LogP contribution in [0.3, 0.4) is 0 Å². The van der Waals surface area contributed by atoms with Gasteiger partial charge in [0.1, 0.15) is 5.82 Å². The lowest BCUT2D eigenvalue weighted by Gasteiger charge is -2.19. The van der Waals surface area contributed by atoms with Gasteiger partial charge in [0.05, 0.1) is 32.6 Å². The van der Waals surface area contributed by atoms with Crippen molar-refractivity contribution in [2.45, 2.75) is 12.5 Å². The molecule has 8 heteroatoms. The van der Waals surface area contributed by atoms with Crippen LogP contribution in [0, 0.1) is 10.1 Å². The van der Waals surface area contributed by atoms with Gasteiger partial charge >= 0.3 is 0 Å². The Balaban J connectivity index is 1.65. The third-order valence-electron chi connectivity index (χ3n) is 5.18. The summed E-state index contributed by atoms with van der Waals surface area (Å²) >= 11 is 6.15. The van der Waals surface area contributed by atoms with E-state index in [1.165, 1.54) is 18.2 Å². The summed E-state index contributed by atoms with van der Waals surface area (Å²) in [6, 6.07) is 20.9. The number of carbonyl (C=O) groups excluding carboxylic acids is 1. The summed E-state index contributed by atoms with van der Waals surface area (Å²) < 4.78 is 2.01. The van der Waals surface area contributed by atoms with Crippen LogP contribution >= 0.6 is 11.6 Å². The summed E-state index contributed by atoms with van der Waals surface area (Å²) in [4.78, 5) is 28.1. The zero-order chi connectivity index (χ0) is 22.0. The molecule has 31 heavy (non-hydrogen) atoms. The molecule has 0 aliphatic carbocycles. The molecule has 0 aliphatic heterocycles. The molecule has 4 rings (SSSR count). The van der Waals surface area contributed by atoms with E-state index in [4.69, 9.17) is 16.6 Å². The molecule has 1 aromatic heterocycles. The monoisotopic (exact) mass is 434 g/mol. The lowest BCUT2D eigenvalue weighted by Crippen LogP contribution is -2.30. The predicted molar refractivity (Wildman–Crippen MR) is 119 cm³/mol. The number of rotatable bonds is 6. The minimum atomic E-state index is -0.550. The van der Waals surface area contributed by atoms with Crippen LogP contribution in [0.2, 0.25) is 5.02 Å². The fraction of sp³-hybridized carbons (Fsp3) is 0.130. The summed E-state index contributed by atoms with van der Waals surface area (Å²) in [5, 5.41) is 14.0. The Morgan fingerprint density at radius 3 is 2.52 bits per heavy atom. The topological polar surface area (TPSA) is 90.1 Å². The minimum Gasteiger partial charge on any atom is -0.345 e. The Hall–Kier alpha value is -3.71. The summed E-state index contributed by atoms with van der Waals surface area (Å²) in [5.41, 5.74) is 2.82. The predicted octanol–water partition coefficient (Wildman–Crippen LogP) is 4.85. The van der Waals surface area contributed by atoms with Crippen molar-refractivity contribution in [3.05, 3.63) is 105 Å². The van der Waals surface area contributed by atoms with Gasteiger partial charge in [0, 0.05) is 25.6 Å². The van der Waals surface area contributed by atoms with Gasteiger partial charge in [-0.15, -0.1) is 0 Å². The van der Waals surface area contributed by atoms with Gasteiger partial charge in [0.25, 0.3) is 11.6 Å². The van der Waals surface area contributed by atoms with Crippen molar-refractivity contribution in [2.75, 3.05) is 0 Å². The van der Waals surface area contributed by atoms with E-state index in [1.54, 1.807) is 0 Å². The number of aromatic nitrogens is 2. The molecule has 0 radical (unpaired) electrons. The molecule has 0 bridgehead atoms. The smallest absolute Gasteiger partial charge is 0.270 e. The second-order valence-electron chi connectivity index (χ2n) is 7.14. The van der Waals surface area contributed by atoms with Gasteiger partial charge in [-0.25, -0.2) is 4.98 Å². The first kappa shape index (κ1) is 20.6. The highest BCUT2D eigenvalue weighted by Gasteiger charge is 2.22. The quantitative estimate of drug-likeness (QED) is 0.347. The van der Waals surface area contributed by atoms with Crippen molar-refractivity contribution in [3.63, 3.8) is 0 Å². The van der Waals surface area contributed by atoms with Crippen molar-refractivity contribution in [1.29, 1.82) is 0 Å². The van der Waals surface area contributed by atoms with E-state index in [0.29, 0.717) is 6.42 Å². The summed E-state index contributed by atoms with van der Waals surface area (Å²) in [5.74, 6) is 0.415. The molecule has 3 aromatic carbocycles. The first-order valence-corrected chi connectivity index (χ1v) is 10.0.